The van der Waals surface area contributed by atoms with Crippen LogP contribution in [0.5, 0.6) is 0 Å². The lowest BCUT2D eigenvalue weighted by Crippen LogP contribution is -2.24. The second-order valence-electron chi connectivity index (χ2n) is 7.26. The fourth-order valence-electron chi connectivity index (χ4n) is 3.09. The average molecular weight is 345 g/mol. The van der Waals surface area contributed by atoms with Crippen LogP contribution < -0.4 is 0 Å². The third-order valence-corrected chi connectivity index (χ3v) is 4.74. The van der Waals surface area contributed by atoms with Gasteiger partial charge in [-0.15, -0.1) is 0 Å². The monoisotopic (exact) mass is 344 g/mol. The largest absolute Gasteiger partial charge is 0.394 e. The summed E-state index contributed by atoms with van der Waals surface area (Å²) in [7, 11) is 0. The van der Waals surface area contributed by atoms with Crippen LogP contribution in [0.4, 0.5) is 0 Å². The van der Waals surface area contributed by atoms with Gasteiger partial charge in [0.25, 0.3) is 0 Å². The molecule has 0 saturated heterocycles. The van der Waals surface area contributed by atoms with Crippen molar-refractivity contribution in [2.75, 3.05) is 13.2 Å². The van der Waals surface area contributed by atoms with E-state index in [9.17, 15) is 5.11 Å². The predicted octanol–water partition coefficient (Wildman–Crippen LogP) is 5.62. The molecule has 0 spiro atoms. The molecule has 0 bridgehead atoms. The van der Waals surface area contributed by atoms with Crippen molar-refractivity contribution < 1.29 is 14.9 Å². The van der Waals surface area contributed by atoms with Gasteiger partial charge in [0.2, 0.25) is 0 Å². The molecule has 2 atom stereocenters. The smallest absolute Gasteiger partial charge is 0.100 e. The van der Waals surface area contributed by atoms with Crippen LogP contribution in [0.1, 0.15) is 110 Å². The molecule has 0 aliphatic carbocycles. The summed E-state index contributed by atoms with van der Waals surface area (Å²) >= 11 is 0. The number of hydrogen-bond donors (Lipinski definition) is 2. The van der Waals surface area contributed by atoms with Crippen LogP contribution in [-0.2, 0) is 4.74 Å². The van der Waals surface area contributed by atoms with Crippen molar-refractivity contribution in [3.05, 3.63) is 0 Å². The highest BCUT2D eigenvalue weighted by atomic mass is 16.5. The van der Waals surface area contributed by atoms with E-state index >= 15 is 0 Å². The van der Waals surface area contributed by atoms with Gasteiger partial charge in [0.1, 0.15) is 6.10 Å². The number of unbranched alkanes of at least 4 members (excludes halogenated alkanes) is 11. The molecule has 3 nitrogen and oxygen atoms in total. The molecule has 2 unspecified atom stereocenters. The lowest BCUT2D eigenvalue weighted by Gasteiger charge is -2.19. The first-order chi connectivity index (χ1) is 11.7. The number of rotatable bonds is 19. The van der Waals surface area contributed by atoms with Gasteiger partial charge in [-0.05, 0) is 12.8 Å². The van der Waals surface area contributed by atoms with Crippen molar-refractivity contribution in [3.63, 3.8) is 0 Å². The highest BCUT2D eigenvalue weighted by Gasteiger charge is 2.11. The highest BCUT2D eigenvalue weighted by Crippen LogP contribution is 2.17. The molecule has 0 rings (SSSR count). The Hall–Kier alpha value is -0.120. The Balaban J connectivity index is 3.75. The normalized spacial score (nSPS) is 14.0. The van der Waals surface area contributed by atoms with Gasteiger partial charge >= 0.3 is 0 Å². The van der Waals surface area contributed by atoms with Crippen LogP contribution in [0.25, 0.3) is 0 Å². The molecule has 3 heteroatoms. The number of hydrogen-bond acceptors (Lipinski definition) is 3. The maximum Gasteiger partial charge on any atom is 0.100 e. The molecule has 146 valence electrons. The molecule has 0 amide bonds. The van der Waals surface area contributed by atoms with Gasteiger partial charge in [0, 0.05) is 0 Å². The molecule has 0 heterocycles. The van der Waals surface area contributed by atoms with E-state index in [0.717, 1.165) is 12.8 Å². The molecule has 0 saturated carbocycles. The third-order valence-electron chi connectivity index (χ3n) is 4.74. The predicted molar refractivity (Wildman–Crippen MR) is 103 cm³/mol. The molecule has 24 heavy (non-hydrogen) atoms. The molecular weight excluding hydrogens is 300 g/mol. The summed E-state index contributed by atoms with van der Waals surface area (Å²) in [6.07, 6.45) is 18.8. The van der Waals surface area contributed by atoms with Gasteiger partial charge in [-0.1, -0.05) is 97.3 Å². The van der Waals surface area contributed by atoms with Gasteiger partial charge < -0.3 is 14.9 Å². The maximum atomic E-state index is 9.49. The van der Waals surface area contributed by atoms with Crippen LogP contribution in [-0.4, -0.2) is 35.6 Å². The van der Waals surface area contributed by atoms with E-state index in [0.29, 0.717) is 0 Å². The quantitative estimate of drug-likeness (QED) is 0.299. The molecule has 0 fully saturated rings. The highest BCUT2D eigenvalue weighted by molar-refractivity contribution is 4.62. The second-order valence-corrected chi connectivity index (χ2v) is 7.26. The van der Waals surface area contributed by atoms with E-state index in [1.165, 1.54) is 83.5 Å². The van der Waals surface area contributed by atoms with Crippen molar-refractivity contribution in [2.24, 2.45) is 0 Å². The van der Waals surface area contributed by atoms with E-state index in [1.807, 2.05) is 0 Å². The van der Waals surface area contributed by atoms with E-state index in [-0.39, 0.29) is 19.3 Å². The summed E-state index contributed by atoms with van der Waals surface area (Å²) in [5, 5.41) is 18.4. The first-order valence-electron chi connectivity index (χ1n) is 10.6. The van der Waals surface area contributed by atoms with Gasteiger partial charge in [0.15, 0.2) is 0 Å². The lowest BCUT2D eigenvalue weighted by molar-refractivity contribution is -0.0350. The average Bonchev–Trinajstić information content (AvgIpc) is 2.60. The van der Waals surface area contributed by atoms with Crippen molar-refractivity contribution in [2.45, 2.75) is 122 Å². The standard InChI is InChI=1S/C21H44O3/c1-3-5-7-9-10-11-13-15-17-21(24-19-20(23)18-22)16-14-12-8-6-4-2/h20-23H,3-19H2,1-2H3. The lowest BCUT2D eigenvalue weighted by atomic mass is 10.0. The van der Waals surface area contributed by atoms with Crippen molar-refractivity contribution in [1.29, 1.82) is 0 Å². The minimum Gasteiger partial charge on any atom is -0.394 e. The zero-order valence-corrected chi connectivity index (χ0v) is 16.5. The van der Waals surface area contributed by atoms with Crippen LogP contribution in [0.15, 0.2) is 0 Å². The van der Waals surface area contributed by atoms with Crippen molar-refractivity contribution >= 4 is 0 Å². The molecule has 0 aromatic heterocycles. The van der Waals surface area contributed by atoms with E-state index in [1.54, 1.807) is 0 Å². The number of aliphatic hydroxyl groups is 2. The Labute approximate surface area is 151 Å². The molecule has 0 aromatic rings. The minimum absolute atomic E-state index is 0.207. The maximum absolute atomic E-state index is 9.49. The molecule has 0 aliphatic rings. The second kappa shape index (κ2) is 19.2. The van der Waals surface area contributed by atoms with Crippen molar-refractivity contribution in [3.8, 4) is 0 Å². The topological polar surface area (TPSA) is 49.7 Å². The minimum atomic E-state index is -0.730. The summed E-state index contributed by atoms with van der Waals surface area (Å²) in [4.78, 5) is 0. The Morgan fingerprint density at radius 3 is 1.50 bits per heavy atom. The zero-order chi connectivity index (χ0) is 17.9. The van der Waals surface area contributed by atoms with Gasteiger partial charge in [0.05, 0.1) is 19.3 Å². The number of ether oxygens (including phenoxy) is 1. The number of aliphatic hydroxyl groups excluding tert-OH is 2. The van der Waals surface area contributed by atoms with Crippen LogP contribution in [0, 0.1) is 0 Å². The molecule has 0 aromatic carbocycles. The molecular formula is C21H44O3. The van der Waals surface area contributed by atoms with Gasteiger partial charge in [-0.2, -0.15) is 0 Å². The zero-order valence-electron chi connectivity index (χ0n) is 16.5. The van der Waals surface area contributed by atoms with E-state index in [2.05, 4.69) is 13.8 Å². The summed E-state index contributed by atoms with van der Waals surface area (Å²) in [5.74, 6) is 0. The fraction of sp³-hybridized carbons (Fsp3) is 1.00. The first kappa shape index (κ1) is 23.9. The molecule has 0 aliphatic heterocycles. The third kappa shape index (κ3) is 16.7. The Morgan fingerprint density at radius 1 is 0.667 bits per heavy atom. The van der Waals surface area contributed by atoms with E-state index < -0.39 is 6.10 Å². The Bertz CT molecular complexity index is 233. The first-order valence-corrected chi connectivity index (χ1v) is 10.6. The SMILES string of the molecule is CCCCCCCCCCC(CCCCCCC)OCC(O)CO. The summed E-state index contributed by atoms with van der Waals surface area (Å²) in [5.41, 5.74) is 0. The Kier molecular flexibility index (Phi) is 19.1. The van der Waals surface area contributed by atoms with Crippen LogP contribution >= 0.6 is 0 Å². The fourth-order valence-corrected chi connectivity index (χ4v) is 3.09. The summed E-state index contributed by atoms with van der Waals surface area (Å²) < 4.78 is 5.85. The summed E-state index contributed by atoms with van der Waals surface area (Å²) in [6.45, 7) is 4.56. The summed E-state index contributed by atoms with van der Waals surface area (Å²) in [6, 6.07) is 0. The van der Waals surface area contributed by atoms with Crippen molar-refractivity contribution in [1.82, 2.24) is 0 Å². The van der Waals surface area contributed by atoms with Gasteiger partial charge in [-0.25, -0.2) is 0 Å². The van der Waals surface area contributed by atoms with Crippen LogP contribution in [0.2, 0.25) is 0 Å². The van der Waals surface area contributed by atoms with Gasteiger partial charge in [-0.3, -0.25) is 0 Å². The molecule has 0 radical (unpaired) electrons. The molecule has 2 N–H and O–H groups in total. The van der Waals surface area contributed by atoms with E-state index in [4.69, 9.17) is 9.84 Å². The van der Waals surface area contributed by atoms with Crippen LogP contribution in [0.3, 0.4) is 0 Å². The Morgan fingerprint density at radius 2 is 1.08 bits per heavy atom.